The number of hydrogen-bond acceptors (Lipinski definition) is 4. The fourth-order valence-electron chi connectivity index (χ4n) is 1.62. The van der Waals surface area contributed by atoms with Crippen molar-refractivity contribution in [1.29, 1.82) is 0 Å². The molecular formula is C12H15N5O. The number of aromatic amines is 1. The van der Waals surface area contributed by atoms with E-state index in [0.717, 1.165) is 12.0 Å². The van der Waals surface area contributed by atoms with E-state index in [9.17, 15) is 4.79 Å². The Morgan fingerprint density at radius 3 is 2.67 bits per heavy atom. The molecule has 0 aliphatic carbocycles. The standard InChI is InChI=1S/C12H15N5O/c1-9-11(15-16-14-9)12(18)17(2)8-5-10-3-6-13-7-4-10/h3-4,6-7H,5,8H2,1-2H3,(H,14,15,16). The smallest absolute Gasteiger partial charge is 0.276 e. The zero-order valence-electron chi connectivity index (χ0n) is 10.4. The van der Waals surface area contributed by atoms with Crippen LogP contribution in [-0.4, -0.2) is 44.8 Å². The second-order valence-corrected chi connectivity index (χ2v) is 4.09. The highest BCUT2D eigenvalue weighted by molar-refractivity contribution is 5.92. The number of nitrogens with zero attached hydrogens (tertiary/aromatic N) is 4. The van der Waals surface area contributed by atoms with Gasteiger partial charge in [0.2, 0.25) is 0 Å². The highest BCUT2D eigenvalue weighted by atomic mass is 16.2. The normalized spacial score (nSPS) is 10.3. The summed E-state index contributed by atoms with van der Waals surface area (Å²) in [5, 5.41) is 10.2. The Kier molecular flexibility index (Phi) is 3.66. The number of hydrogen-bond donors (Lipinski definition) is 1. The lowest BCUT2D eigenvalue weighted by molar-refractivity contribution is 0.0790. The van der Waals surface area contributed by atoms with Crippen LogP contribution in [0.15, 0.2) is 24.5 Å². The molecule has 2 heterocycles. The van der Waals surface area contributed by atoms with Crippen molar-refractivity contribution >= 4 is 5.91 Å². The van der Waals surface area contributed by atoms with Crippen LogP contribution in [0.3, 0.4) is 0 Å². The van der Waals surface area contributed by atoms with Crippen molar-refractivity contribution in [3.05, 3.63) is 41.5 Å². The van der Waals surface area contributed by atoms with E-state index < -0.39 is 0 Å². The van der Waals surface area contributed by atoms with Crippen LogP contribution in [0.25, 0.3) is 0 Å². The lowest BCUT2D eigenvalue weighted by atomic mass is 10.2. The van der Waals surface area contributed by atoms with Gasteiger partial charge in [-0.1, -0.05) is 0 Å². The van der Waals surface area contributed by atoms with Crippen LogP contribution < -0.4 is 0 Å². The predicted molar refractivity (Wildman–Crippen MR) is 66.0 cm³/mol. The largest absolute Gasteiger partial charge is 0.340 e. The summed E-state index contributed by atoms with van der Waals surface area (Å²) in [7, 11) is 1.76. The Morgan fingerprint density at radius 1 is 1.33 bits per heavy atom. The molecule has 2 aromatic rings. The van der Waals surface area contributed by atoms with Crippen LogP contribution in [0.2, 0.25) is 0 Å². The van der Waals surface area contributed by atoms with Crippen LogP contribution in [0, 0.1) is 6.92 Å². The first-order valence-electron chi connectivity index (χ1n) is 5.70. The predicted octanol–water partition coefficient (Wildman–Crippen LogP) is 0.823. The molecule has 0 saturated heterocycles. The van der Waals surface area contributed by atoms with Crippen molar-refractivity contribution in [2.75, 3.05) is 13.6 Å². The molecule has 0 aromatic carbocycles. The minimum atomic E-state index is -0.115. The number of aromatic nitrogens is 4. The molecule has 6 heteroatoms. The Morgan fingerprint density at radius 2 is 2.06 bits per heavy atom. The SMILES string of the molecule is Cc1n[nH]nc1C(=O)N(C)CCc1ccncc1. The average molecular weight is 245 g/mol. The second kappa shape index (κ2) is 5.39. The number of likely N-dealkylation sites (N-methyl/N-ethyl adjacent to an activating group) is 1. The van der Waals surface area contributed by atoms with Gasteiger partial charge in [-0.25, -0.2) is 0 Å². The molecule has 0 saturated carbocycles. The molecule has 0 bridgehead atoms. The Balaban J connectivity index is 1.95. The van der Waals surface area contributed by atoms with Crippen molar-refractivity contribution in [3.8, 4) is 0 Å². The number of pyridine rings is 1. The summed E-state index contributed by atoms with van der Waals surface area (Å²) in [6, 6.07) is 3.89. The summed E-state index contributed by atoms with van der Waals surface area (Å²) in [4.78, 5) is 17.6. The quantitative estimate of drug-likeness (QED) is 0.865. The molecule has 0 fully saturated rings. The fraction of sp³-hybridized carbons (Fsp3) is 0.333. The van der Waals surface area contributed by atoms with Crippen LogP contribution in [0.4, 0.5) is 0 Å². The zero-order chi connectivity index (χ0) is 13.0. The summed E-state index contributed by atoms with van der Waals surface area (Å²) in [5.41, 5.74) is 2.16. The van der Waals surface area contributed by atoms with Crippen molar-refractivity contribution in [1.82, 2.24) is 25.3 Å². The first kappa shape index (κ1) is 12.2. The van der Waals surface area contributed by atoms with Crippen molar-refractivity contribution in [2.24, 2.45) is 0 Å². The first-order chi connectivity index (χ1) is 8.68. The number of carbonyl (C=O) groups excluding carboxylic acids is 1. The van der Waals surface area contributed by atoms with E-state index in [2.05, 4.69) is 20.4 Å². The molecule has 18 heavy (non-hydrogen) atoms. The van der Waals surface area contributed by atoms with Crippen LogP contribution in [0.5, 0.6) is 0 Å². The van der Waals surface area contributed by atoms with Gasteiger partial charge in [0, 0.05) is 26.0 Å². The lowest BCUT2D eigenvalue weighted by Gasteiger charge is -2.15. The van der Waals surface area contributed by atoms with Crippen LogP contribution in [0.1, 0.15) is 21.7 Å². The maximum absolute atomic E-state index is 12.0. The minimum absolute atomic E-state index is 0.115. The van der Waals surface area contributed by atoms with E-state index in [1.807, 2.05) is 12.1 Å². The Hall–Kier alpha value is -2.24. The number of rotatable bonds is 4. The third kappa shape index (κ3) is 2.71. The van der Waals surface area contributed by atoms with E-state index in [1.165, 1.54) is 0 Å². The van der Waals surface area contributed by atoms with E-state index in [0.29, 0.717) is 17.9 Å². The monoisotopic (exact) mass is 245 g/mol. The van der Waals surface area contributed by atoms with E-state index in [1.54, 1.807) is 31.3 Å². The summed E-state index contributed by atoms with van der Waals surface area (Å²) >= 11 is 0. The topological polar surface area (TPSA) is 74.8 Å². The molecule has 0 aliphatic rings. The second-order valence-electron chi connectivity index (χ2n) is 4.09. The highest BCUT2D eigenvalue weighted by Crippen LogP contribution is 2.05. The molecule has 1 amide bonds. The molecule has 0 unspecified atom stereocenters. The van der Waals surface area contributed by atoms with E-state index >= 15 is 0 Å². The van der Waals surface area contributed by atoms with Gasteiger partial charge >= 0.3 is 0 Å². The molecule has 0 atom stereocenters. The number of nitrogens with one attached hydrogen (secondary N) is 1. The average Bonchev–Trinajstić information content (AvgIpc) is 2.82. The summed E-state index contributed by atoms with van der Waals surface area (Å²) in [6.07, 6.45) is 4.29. The van der Waals surface area contributed by atoms with Gasteiger partial charge in [-0.2, -0.15) is 15.4 Å². The van der Waals surface area contributed by atoms with Crippen molar-refractivity contribution in [3.63, 3.8) is 0 Å². The number of aryl methyl sites for hydroxylation is 1. The molecule has 94 valence electrons. The minimum Gasteiger partial charge on any atom is -0.340 e. The van der Waals surface area contributed by atoms with Crippen molar-refractivity contribution in [2.45, 2.75) is 13.3 Å². The zero-order valence-corrected chi connectivity index (χ0v) is 10.4. The molecule has 0 spiro atoms. The van der Waals surface area contributed by atoms with Gasteiger partial charge in [-0.15, -0.1) is 0 Å². The number of carbonyl (C=O) groups is 1. The van der Waals surface area contributed by atoms with E-state index in [-0.39, 0.29) is 5.91 Å². The fourth-order valence-corrected chi connectivity index (χ4v) is 1.62. The Labute approximate surface area is 105 Å². The van der Waals surface area contributed by atoms with Gasteiger partial charge in [-0.05, 0) is 31.0 Å². The lowest BCUT2D eigenvalue weighted by Crippen LogP contribution is -2.29. The highest BCUT2D eigenvalue weighted by Gasteiger charge is 2.17. The van der Waals surface area contributed by atoms with Gasteiger partial charge in [0.25, 0.3) is 5.91 Å². The summed E-state index contributed by atoms with van der Waals surface area (Å²) in [5.74, 6) is -0.115. The van der Waals surface area contributed by atoms with Gasteiger partial charge < -0.3 is 4.90 Å². The van der Waals surface area contributed by atoms with Crippen LogP contribution >= 0.6 is 0 Å². The molecule has 6 nitrogen and oxygen atoms in total. The molecular weight excluding hydrogens is 230 g/mol. The third-order valence-corrected chi connectivity index (χ3v) is 2.76. The first-order valence-corrected chi connectivity index (χ1v) is 5.70. The molecule has 0 radical (unpaired) electrons. The molecule has 2 rings (SSSR count). The van der Waals surface area contributed by atoms with E-state index in [4.69, 9.17) is 0 Å². The van der Waals surface area contributed by atoms with Crippen molar-refractivity contribution < 1.29 is 4.79 Å². The number of H-pyrrole nitrogens is 1. The molecule has 1 N–H and O–H groups in total. The molecule has 0 aliphatic heterocycles. The molecule has 2 aromatic heterocycles. The van der Waals surface area contributed by atoms with Gasteiger partial charge in [-0.3, -0.25) is 9.78 Å². The summed E-state index contributed by atoms with van der Waals surface area (Å²) in [6.45, 7) is 2.39. The Bertz CT molecular complexity index is 522. The van der Waals surface area contributed by atoms with Gasteiger partial charge in [0.1, 0.15) is 0 Å². The summed E-state index contributed by atoms with van der Waals surface area (Å²) < 4.78 is 0. The van der Waals surface area contributed by atoms with Gasteiger partial charge in [0.15, 0.2) is 5.69 Å². The maximum atomic E-state index is 12.0. The van der Waals surface area contributed by atoms with Crippen LogP contribution in [-0.2, 0) is 6.42 Å². The van der Waals surface area contributed by atoms with Gasteiger partial charge in [0.05, 0.1) is 5.69 Å². The maximum Gasteiger partial charge on any atom is 0.276 e. The third-order valence-electron chi connectivity index (χ3n) is 2.76. The number of amides is 1.